The Morgan fingerprint density at radius 3 is 2.67 bits per heavy atom. The second-order valence-electron chi connectivity index (χ2n) is 2.58. The van der Waals surface area contributed by atoms with Crippen LogP contribution in [0.25, 0.3) is 0 Å². The van der Waals surface area contributed by atoms with Crippen molar-refractivity contribution >= 4 is 19.3 Å². The summed E-state index contributed by atoms with van der Waals surface area (Å²) in [4.78, 5) is 11.0. The van der Waals surface area contributed by atoms with Gasteiger partial charge in [0.05, 0.1) is 12.7 Å². The molecule has 60 valence electrons. The monoisotopic (exact) mass is 160 g/mol. The van der Waals surface area contributed by atoms with Gasteiger partial charge in [-0.15, -0.1) is 0 Å². The van der Waals surface area contributed by atoms with Gasteiger partial charge in [0.2, 0.25) is 0 Å². The van der Waals surface area contributed by atoms with Crippen LogP contribution >= 0.6 is 0 Å². The Hall–Kier alpha value is -1.25. The molecule has 1 rings (SSSR count). The number of carbonyl (C=O) groups excluding carboxylic acids is 1. The zero-order chi connectivity index (χ0) is 9.14. The van der Waals surface area contributed by atoms with Gasteiger partial charge in [-0.3, -0.25) is 0 Å². The molecule has 0 aliphatic heterocycles. The molecule has 1 aromatic carbocycles. The van der Waals surface area contributed by atoms with Crippen molar-refractivity contribution < 1.29 is 9.53 Å². The quantitative estimate of drug-likeness (QED) is 0.443. The molecule has 0 N–H and O–H groups in total. The van der Waals surface area contributed by atoms with E-state index in [4.69, 9.17) is 7.85 Å². The highest BCUT2D eigenvalue weighted by atomic mass is 16.5. The fraction of sp³-hybridized carbons (Fsp3) is 0.222. The summed E-state index contributed by atoms with van der Waals surface area (Å²) in [6.07, 6.45) is 0. The van der Waals surface area contributed by atoms with Crippen molar-refractivity contribution in [1.82, 2.24) is 0 Å². The highest BCUT2D eigenvalue weighted by Gasteiger charge is 2.06. The summed E-state index contributed by atoms with van der Waals surface area (Å²) >= 11 is 0. The van der Waals surface area contributed by atoms with Gasteiger partial charge in [0, 0.05) is 0 Å². The van der Waals surface area contributed by atoms with Gasteiger partial charge in [-0.2, -0.15) is 0 Å². The minimum atomic E-state index is -0.396. The first-order chi connectivity index (χ1) is 5.65. The van der Waals surface area contributed by atoms with Crippen molar-refractivity contribution in [2.75, 3.05) is 7.11 Å². The number of esters is 1. The van der Waals surface area contributed by atoms with E-state index in [0.717, 1.165) is 5.56 Å². The van der Waals surface area contributed by atoms with Crippen molar-refractivity contribution in [1.29, 1.82) is 0 Å². The molecule has 0 unspecified atom stereocenters. The van der Waals surface area contributed by atoms with E-state index in [1.807, 2.05) is 13.0 Å². The molecule has 0 aliphatic carbocycles. The number of methoxy groups -OCH3 is 1. The molecule has 0 atom stereocenters. The number of ether oxygens (including phenoxy) is 1. The smallest absolute Gasteiger partial charge is 0.337 e. The molecule has 0 aromatic heterocycles. The van der Waals surface area contributed by atoms with Crippen LogP contribution in [0.4, 0.5) is 0 Å². The van der Waals surface area contributed by atoms with E-state index in [9.17, 15) is 4.79 Å². The Balaban J connectivity index is 3.09. The number of hydrogen-bond donors (Lipinski definition) is 0. The standard InChI is InChI=1S/C9H9BO2/c1-6-3-4-7(8(10)5-6)9(11)12-2/h3-5H,1-2H3. The highest BCUT2D eigenvalue weighted by Crippen LogP contribution is 2.00. The molecular formula is C9H9BO2. The van der Waals surface area contributed by atoms with Gasteiger partial charge < -0.3 is 4.74 Å². The van der Waals surface area contributed by atoms with Crippen LogP contribution < -0.4 is 5.46 Å². The third kappa shape index (κ3) is 1.67. The van der Waals surface area contributed by atoms with E-state index in [-0.39, 0.29) is 0 Å². The van der Waals surface area contributed by atoms with Gasteiger partial charge in [0.15, 0.2) is 0 Å². The van der Waals surface area contributed by atoms with Crippen LogP contribution in [0.2, 0.25) is 0 Å². The third-order valence-corrected chi connectivity index (χ3v) is 1.61. The maximum absolute atomic E-state index is 11.0. The molecular weight excluding hydrogens is 151 g/mol. The van der Waals surface area contributed by atoms with Crippen LogP contribution in [-0.4, -0.2) is 20.9 Å². The highest BCUT2D eigenvalue weighted by molar-refractivity contribution is 6.36. The van der Waals surface area contributed by atoms with E-state index >= 15 is 0 Å². The lowest BCUT2D eigenvalue weighted by atomic mass is 9.89. The summed E-state index contributed by atoms with van der Waals surface area (Å²) in [5.41, 5.74) is 1.91. The van der Waals surface area contributed by atoms with E-state index < -0.39 is 5.97 Å². The average Bonchev–Trinajstić information content (AvgIpc) is 2.03. The minimum absolute atomic E-state index is 0.396. The Labute approximate surface area is 73.0 Å². The SMILES string of the molecule is [B]c1cc(C)ccc1C(=O)OC. The second kappa shape index (κ2) is 3.43. The van der Waals surface area contributed by atoms with Gasteiger partial charge in [0.1, 0.15) is 7.85 Å². The molecule has 1 aromatic rings. The van der Waals surface area contributed by atoms with Crippen molar-refractivity contribution in [3.8, 4) is 0 Å². The van der Waals surface area contributed by atoms with E-state index in [2.05, 4.69) is 4.74 Å². The van der Waals surface area contributed by atoms with Crippen LogP contribution in [0.15, 0.2) is 18.2 Å². The fourth-order valence-electron chi connectivity index (χ4n) is 0.978. The van der Waals surface area contributed by atoms with Gasteiger partial charge in [-0.1, -0.05) is 23.2 Å². The van der Waals surface area contributed by atoms with Gasteiger partial charge >= 0.3 is 5.97 Å². The molecule has 2 radical (unpaired) electrons. The van der Waals surface area contributed by atoms with Crippen molar-refractivity contribution in [3.05, 3.63) is 29.3 Å². The van der Waals surface area contributed by atoms with Crippen molar-refractivity contribution in [2.24, 2.45) is 0 Å². The lowest BCUT2D eigenvalue weighted by molar-refractivity contribution is 0.0602. The summed E-state index contributed by atoms with van der Waals surface area (Å²) in [5.74, 6) is -0.396. The van der Waals surface area contributed by atoms with Crippen LogP contribution in [0.5, 0.6) is 0 Å². The summed E-state index contributed by atoms with van der Waals surface area (Å²) < 4.78 is 4.54. The topological polar surface area (TPSA) is 26.3 Å². The first kappa shape index (κ1) is 8.85. The average molecular weight is 160 g/mol. The van der Waals surface area contributed by atoms with Crippen LogP contribution in [-0.2, 0) is 4.74 Å². The van der Waals surface area contributed by atoms with Crippen molar-refractivity contribution in [2.45, 2.75) is 6.92 Å². The minimum Gasteiger partial charge on any atom is -0.465 e. The summed E-state index contributed by atoms with van der Waals surface area (Å²) in [6, 6.07) is 5.23. The first-order valence-corrected chi connectivity index (χ1v) is 3.59. The summed E-state index contributed by atoms with van der Waals surface area (Å²) in [7, 11) is 6.93. The zero-order valence-corrected chi connectivity index (χ0v) is 7.13. The number of benzene rings is 1. The normalized spacial score (nSPS) is 9.50. The lowest BCUT2D eigenvalue weighted by Crippen LogP contribution is -2.17. The van der Waals surface area contributed by atoms with Crippen LogP contribution in [0.1, 0.15) is 15.9 Å². The number of hydrogen-bond acceptors (Lipinski definition) is 2. The van der Waals surface area contributed by atoms with Crippen LogP contribution in [0, 0.1) is 6.92 Å². The van der Waals surface area contributed by atoms with Crippen molar-refractivity contribution in [3.63, 3.8) is 0 Å². The van der Waals surface area contributed by atoms with Crippen LogP contribution in [0.3, 0.4) is 0 Å². The predicted octanol–water partition coefficient (Wildman–Crippen LogP) is 0.575. The van der Waals surface area contributed by atoms with E-state index in [1.165, 1.54) is 7.11 Å². The van der Waals surface area contributed by atoms with Gasteiger partial charge in [-0.05, 0) is 13.0 Å². The van der Waals surface area contributed by atoms with E-state index in [1.54, 1.807) is 12.1 Å². The predicted molar refractivity (Wildman–Crippen MR) is 47.9 cm³/mol. The Kier molecular flexibility index (Phi) is 2.53. The molecule has 3 heteroatoms. The number of carbonyl (C=O) groups is 1. The summed E-state index contributed by atoms with van der Waals surface area (Å²) in [5, 5.41) is 0. The third-order valence-electron chi connectivity index (χ3n) is 1.61. The Morgan fingerprint density at radius 1 is 1.50 bits per heavy atom. The molecule has 0 bridgehead atoms. The Bertz CT molecular complexity index is 307. The largest absolute Gasteiger partial charge is 0.465 e. The molecule has 0 fully saturated rings. The summed E-state index contributed by atoms with van der Waals surface area (Å²) in [6.45, 7) is 1.91. The Morgan fingerprint density at radius 2 is 2.17 bits per heavy atom. The maximum Gasteiger partial charge on any atom is 0.337 e. The second-order valence-corrected chi connectivity index (χ2v) is 2.58. The lowest BCUT2D eigenvalue weighted by Gasteiger charge is -2.03. The molecule has 0 heterocycles. The number of rotatable bonds is 1. The molecule has 2 nitrogen and oxygen atoms in total. The number of aryl methyl sites for hydroxylation is 1. The molecule has 0 spiro atoms. The molecule has 0 saturated carbocycles. The molecule has 0 amide bonds. The van der Waals surface area contributed by atoms with E-state index in [0.29, 0.717) is 11.0 Å². The fourth-order valence-corrected chi connectivity index (χ4v) is 0.978. The van der Waals surface area contributed by atoms with Gasteiger partial charge in [0.25, 0.3) is 0 Å². The molecule has 12 heavy (non-hydrogen) atoms. The van der Waals surface area contributed by atoms with Gasteiger partial charge in [-0.25, -0.2) is 4.79 Å². The zero-order valence-electron chi connectivity index (χ0n) is 7.13. The molecule has 0 saturated heterocycles. The first-order valence-electron chi connectivity index (χ1n) is 3.59. The maximum atomic E-state index is 11.0. The molecule has 0 aliphatic rings.